The summed E-state index contributed by atoms with van der Waals surface area (Å²) in [6.07, 6.45) is 11.0. The standard InChI is InChI=1S/C29H31N7O2/c1-37-28-8-5-22(15-32-28)18-34-9-11-35(12-10-34)27-7-6-23(16-31-27)26-13-25(38-20-21-3-2-4-21)19-36-29(26)24(14-30)17-33-36/h5-8,13,15-17,19,21H,2-4,9-12,18,20H2,1H3. The zero-order valence-electron chi connectivity index (χ0n) is 21.6. The molecule has 2 fully saturated rings. The number of fused-ring (bicyclic) bond motifs is 1. The fraction of sp³-hybridized carbons (Fsp3) is 0.379. The number of nitriles is 1. The van der Waals surface area contributed by atoms with Crippen molar-refractivity contribution >= 4 is 11.3 Å². The van der Waals surface area contributed by atoms with Crippen LogP contribution in [0.25, 0.3) is 16.6 Å². The van der Waals surface area contributed by atoms with Crippen LogP contribution in [0.5, 0.6) is 11.6 Å². The third-order valence-electron chi connectivity index (χ3n) is 7.59. The Balaban J connectivity index is 1.15. The van der Waals surface area contributed by atoms with E-state index in [1.165, 1.54) is 24.8 Å². The van der Waals surface area contributed by atoms with Crippen LogP contribution in [0, 0.1) is 17.2 Å². The second kappa shape index (κ2) is 10.7. The van der Waals surface area contributed by atoms with Gasteiger partial charge in [0.25, 0.3) is 0 Å². The molecule has 38 heavy (non-hydrogen) atoms. The van der Waals surface area contributed by atoms with Crippen molar-refractivity contribution in [3.8, 4) is 28.8 Å². The number of aromatic nitrogens is 4. The molecule has 0 radical (unpaired) electrons. The van der Waals surface area contributed by atoms with E-state index < -0.39 is 0 Å². The van der Waals surface area contributed by atoms with Crippen LogP contribution in [0.15, 0.2) is 55.1 Å². The average Bonchev–Trinajstić information content (AvgIpc) is 3.36. The van der Waals surface area contributed by atoms with Gasteiger partial charge in [0.05, 0.1) is 37.2 Å². The minimum atomic E-state index is 0.540. The van der Waals surface area contributed by atoms with E-state index in [4.69, 9.17) is 14.5 Å². The zero-order chi connectivity index (χ0) is 25.9. The molecule has 0 spiro atoms. The van der Waals surface area contributed by atoms with Gasteiger partial charge in [0.15, 0.2) is 0 Å². The minimum absolute atomic E-state index is 0.540. The Bertz CT molecular complexity index is 1430. The first-order chi connectivity index (χ1) is 18.7. The summed E-state index contributed by atoms with van der Waals surface area (Å²) < 4.78 is 13.0. The van der Waals surface area contributed by atoms with Crippen LogP contribution >= 0.6 is 0 Å². The van der Waals surface area contributed by atoms with E-state index in [0.717, 1.165) is 67.5 Å². The van der Waals surface area contributed by atoms with Crippen LogP contribution in [0.1, 0.15) is 30.4 Å². The molecule has 0 aromatic carbocycles. The lowest BCUT2D eigenvalue weighted by Gasteiger charge is -2.35. The van der Waals surface area contributed by atoms with Gasteiger partial charge in [-0.05, 0) is 42.5 Å². The summed E-state index contributed by atoms with van der Waals surface area (Å²) in [5.41, 5.74) is 4.35. The van der Waals surface area contributed by atoms with Gasteiger partial charge < -0.3 is 14.4 Å². The van der Waals surface area contributed by atoms with Crippen molar-refractivity contribution in [2.24, 2.45) is 5.92 Å². The maximum atomic E-state index is 9.66. The number of ether oxygens (including phenoxy) is 2. The molecule has 0 unspecified atom stereocenters. The third kappa shape index (κ3) is 5.00. The molecule has 4 aromatic rings. The fourth-order valence-electron chi connectivity index (χ4n) is 5.10. The summed E-state index contributed by atoms with van der Waals surface area (Å²) in [7, 11) is 1.63. The van der Waals surface area contributed by atoms with Crippen molar-refractivity contribution < 1.29 is 9.47 Å². The molecular formula is C29H31N7O2. The van der Waals surface area contributed by atoms with Gasteiger partial charge in [-0.3, -0.25) is 4.90 Å². The summed E-state index contributed by atoms with van der Waals surface area (Å²) in [6, 6.07) is 12.4. The Hall–Kier alpha value is -4.16. The van der Waals surface area contributed by atoms with E-state index in [1.54, 1.807) is 17.8 Å². The minimum Gasteiger partial charge on any atom is -0.492 e. The van der Waals surface area contributed by atoms with E-state index in [0.29, 0.717) is 17.4 Å². The Morgan fingerprint density at radius 2 is 1.89 bits per heavy atom. The lowest BCUT2D eigenvalue weighted by molar-refractivity contribution is 0.180. The first kappa shape index (κ1) is 24.2. The van der Waals surface area contributed by atoms with E-state index in [2.05, 4.69) is 44.2 Å². The first-order valence-corrected chi connectivity index (χ1v) is 13.2. The van der Waals surface area contributed by atoms with Crippen molar-refractivity contribution in [1.29, 1.82) is 5.26 Å². The van der Waals surface area contributed by atoms with Gasteiger partial charge in [-0.2, -0.15) is 10.4 Å². The molecule has 6 rings (SSSR count). The van der Waals surface area contributed by atoms with Crippen LogP contribution in [0.2, 0.25) is 0 Å². The quantitative estimate of drug-likeness (QED) is 0.350. The molecule has 4 aromatic heterocycles. The van der Waals surface area contributed by atoms with E-state index in [1.807, 2.05) is 30.7 Å². The van der Waals surface area contributed by atoms with Crippen LogP contribution < -0.4 is 14.4 Å². The van der Waals surface area contributed by atoms with Crippen LogP contribution in [-0.4, -0.2) is 64.4 Å². The monoisotopic (exact) mass is 509 g/mol. The van der Waals surface area contributed by atoms with Crippen molar-refractivity contribution in [1.82, 2.24) is 24.5 Å². The molecule has 194 valence electrons. The van der Waals surface area contributed by atoms with E-state index in [-0.39, 0.29) is 0 Å². The maximum absolute atomic E-state index is 9.66. The topological polar surface area (TPSA) is 91.8 Å². The Morgan fingerprint density at radius 1 is 1.03 bits per heavy atom. The third-order valence-corrected chi connectivity index (χ3v) is 7.59. The number of rotatable bonds is 8. The molecule has 1 aliphatic carbocycles. The van der Waals surface area contributed by atoms with Gasteiger partial charge in [0, 0.05) is 62.3 Å². The fourth-order valence-corrected chi connectivity index (χ4v) is 5.10. The summed E-state index contributed by atoms with van der Waals surface area (Å²) in [6.45, 7) is 5.32. The Labute approximate surface area is 222 Å². The normalized spacial score (nSPS) is 16.3. The molecule has 9 heteroatoms. The lowest BCUT2D eigenvalue weighted by Crippen LogP contribution is -2.46. The van der Waals surface area contributed by atoms with Crippen LogP contribution in [0.3, 0.4) is 0 Å². The number of methoxy groups -OCH3 is 1. The number of hydrogen-bond acceptors (Lipinski definition) is 8. The lowest BCUT2D eigenvalue weighted by atomic mass is 9.86. The zero-order valence-corrected chi connectivity index (χ0v) is 21.6. The summed E-state index contributed by atoms with van der Waals surface area (Å²) in [4.78, 5) is 13.9. The molecule has 1 saturated carbocycles. The Kier molecular flexibility index (Phi) is 6.80. The predicted molar refractivity (Wildman–Crippen MR) is 144 cm³/mol. The van der Waals surface area contributed by atoms with Gasteiger partial charge in [-0.25, -0.2) is 14.5 Å². The number of hydrogen-bond donors (Lipinski definition) is 0. The molecule has 0 bridgehead atoms. The number of anilines is 1. The second-order valence-electron chi connectivity index (χ2n) is 10.0. The number of piperazine rings is 1. The highest BCUT2D eigenvalue weighted by Crippen LogP contribution is 2.33. The largest absolute Gasteiger partial charge is 0.492 e. The number of nitrogens with zero attached hydrogens (tertiary/aromatic N) is 7. The smallest absolute Gasteiger partial charge is 0.212 e. The first-order valence-electron chi connectivity index (χ1n) is 13.2. The summed E-state index contributed by atoms with van der Waals surface area (Å²) >= 11 is 0. The molecule has 1 saturated heterocycles. The highest BCUT2D eigenvalue weighted by molar-refractivity contribution is 5.85. The maximum Gasteiger partial charge on any atom is 0.212 e. The summed E-state index contributed by atoms with van der Waals surface area (Å²) in [5, 5.41) is 14.1. The van der Waals surface area contributed by atoms with E-state index in [9.17, 15) is 5.26 Å². The molecule has 5 heterocycles. The SMILES string of the molecule is COc1ccc(CN2CCN(c3ccc(-c4cc(OCC5CCC5)cn5ncc(C#N)c45)cn3)CC2)cn1. The van der Waals surface area contributed by atoms with Crippen LogP contribution in [0.4, 0.5) is 5.82 Å². The molecular weight excluding hydrogens is 478 g/mol. The molecule has 0 amide bonds. The van der Waals surface area contributed by atoms with Crippen molar-refractivity contribution in [2.75, 3.05) is 44.8 Å². The van der Waals surface area contributed by atoms with Crippen molar-refractivity contribution in [3.63, 3.8) is 0 Å². The van der Waals surface area contributed by atoms with Gasteiger partial charge >= 0.3 is 0 Å². The molecule has 0 N–H and O–H groups in total. The van der Waals surface area contributed by atoms with Crippen molar-refractivity contribution in [3.05, 3.63) is 66.2 Å². The van der Waals surface area contributed by atoms with Crippen molar-refractivity contribution in [2.45, 2.75) is 25.8 Å². The second-order valence-corrected chi connectivity index (χ2v) is 10.0. The predicted octanol–water partition coefficient (Wildman–Crippen LogP) is 4.17. The average molecular weight is 510 g/mol. The van der Waals surface area contributed by atoms with Gasteiger partial charge in [0.1, 0.15) is 17.6 Å². The molecule has 1 aliphatic heterocycles. The number of pyridine rings is 3. The molecule has 9 nitrogen and oxygen atoms in total. The summed E-state index contributed by atoms with van der Waals surface area (Å²) in [5.74, 6) is 3.00. The van der Waals surface area contributed by atoms with Crippen LogP contribution in [-0.2, 0) is 6.54 Å². The molecule has 0 atom stereocenters. The molecule has 2 aliphatic rings. The highest BCUT2D eigenvalue weighted by atomic mass is 16.5. The van der Waals surface area contributed by atoms with Gasteiger partial charge in [0.2, 0.25) is 5.88 Å². The van der Waals surface area contributed by atoms with Gasteiger partial charge in [-0.15, -0.1) is 0 Å². The van der Waals surface area contributed by atoms with Gasteiger partial charge in [-0.1, -0.05) is 12.5 Å². The van der Waals surface area contributed by atoms with E-state index >= 15 is 0 Å². The highest BCUT2D eigenvalue weighted by Gasteiger charge is 2.21. The Morgan fingerprint density at radius 3 is 2.55 bits per heavy atom.